The molecule has 0 saturated heterocycles. The molecule has 0 amide bonds. The minimum atomic E-state index is -0.752. The number of hydrogen-bond donors (Lipinski definition) is 0. The van der Waals surface area contributed by atoms with Crippen molar-refractivity contribution in [2.75, 3.05) is 7.11 Å². The summed E-state index contributed by atoms with van der Waals surface area (Å²) < 4.78 is 5.45. The largest absolute Gasteiger partial charge is 0.464 e. The number of carbonyl (C=O) groups excluding carboxylic acids is 1. The molecule has 0 unspecified atom stereocenters. The van der Waals surface area contributed by atoms with Crippen LogP contribution < -0.4 is 5.56 Å². The quantitative estimate of drug-likeness (QED) is 0.735. The number of ether oxygens (including phenoxy) is 1. The molecule has 0 saturated carbocycles. The molecule has 1 heterocycles. The smallest absolute Gasteiger partial charge is 0.356 e. The number of methoxy groups -OCH3 is 1. The number of aromatic nitrogens is 1. The molecule has 7 heteroatoms. The maximum absolute atomic E-state index is 11.5. The van der Waals surface area contributed by atoms with Crippen LogP contribution in [0.3, 0.4) is 0 Å². The van der Waals surface area contributed by atoms with Crippen LogP contribution in [0.1, 0.15) is 10.5 Å². The van der Waals surface area contributed by atoms with Crippen LogP contribution >= 0.6 is 34.8 Å². The highest BCUT2D eigenvalue weighted by Crippen LogP contribution is 2.29. The Labute approximate surface area is 100 Å². The molecule has 0 atom stereocenters. The second kappa shape index (κ2) is 4.43. The fraction of sp³-hybridized carbons (Fsp3) is 0.250. The fourth-order valence-corrected chi connectivity index (χ4v) is 1.75. The minimum Gasteiger partial charge on any atom is -0.464 e. The summed E-state index contributed by atoms with van der Waals surface area (Å²) in [6.07, 6.45) is 0. The Kier molecular flexibility index (Phi) is 3.65. The first kappa shape index (κ1) is 12.4. The summed E-state index contributed by atoms with van der Waals surface area (Å²) >= 11 is 17.1. The second-order valence-corrected chi connectivity index (χ2v) is 3.78. The van der Waals surface area contributed by atoms with Crippen LogP contribution in [0.2, 0.25) is 15.1 Å². The number of pyridine rings is 1. The van der Waals surface area contributed by atoms with Crippen molar-refractivity contribution in [3.05, 3.63) is 31.1 Å². The number of rotatable bonds is 1. The van der Waals surface area contributed by atoms with E-state index in [1.165, 1.54) is 14.2 Å². The van der Waals surface area contributed by atoms with E-state index in [2.05, 4.69) is 4.74 Å². The molecule has 0 aliphatic heterocycles. The van der Waals surface area contributed by atoms with E-state index in [0.717, 1.165) is 4.57 Å². The Morgan fingerprint density at radius 1 is 1.20 bits per heavy atom. The first-order valence-electron chi connectivity index (χ1n) is 3.73. The molecule has 0 radical (unpaired) electrons. The summed E-state index contributed by atoms with van der Waals surface area (Å²) in [6.45, 7) is 0. The van der Waals surface area contributed by atoms with Crippen LogP contribution in [-0.4, -0.2) is 17.6 Å². The molecule has 0 bridgehead atoms. The van der Waals surface area contributed by atoms with Gasteiger partial charge in [0, 0.05) is 7.05 Å². The molecule has 0 fully saturated rings. The zero-order valence-corrected chi connectivity index (χ0v) is 10.1. The summed E-state index contributed by atoms with van der Waals surface area (Å²) in [5, 5.41) is -0.478. The van der Waals surface area contributed by atoms with Crippen molar-refractivity contribution in [2.24, 2.45) is 7.05 Å². The topological polar surface area (TPSA) is 48.3 Å². The molecule has 0 N–H and O–H groups in total. The van der Waals surface area contributed by atoms with E-state index >= 15 is 0 Å². The van der Waals surface area contributed by atoms with Crippen molar-refractivity contribution in [3.63, 3.8) is 0 Å². The Balaban J connectivity index is 3.68. The summed E-state index contributed by atoms with van der Waals surface area (Å²) in [6, 6.07) is 0. The molecule has 1 aromatic heterocycles. The summed E-state index contributed by atoms with van der Waals surface area (Å²) in [5.41, 5.74) is -0.731. The Hall–Kier alpha value is -0.710. The van der Waals surface area contributed by atoms with Gasteiger partial charge < -0.3 is 9.30 Å². The highest BCUT2D eigenvalue weighted by molar-refractivity contribution is 6.48. The Bertz CT molecular complexity index is 481. The van der Waals surface area contributed by atoms with Gasteiger partial charge in [-0.3, -0.25) is 4.79 Å². The van der Waals surface area contributed by atoms with Gasteiger partial charge in [-0.15, -0.1) is 0 Å². The second-order valence-electron chi connectivity index (χ2n) is 2.65. The van der Waals surface area contributed by atoms with Crippen molar-refractivity contribution < 1.29 is 9.53 Å². The van der Waals surface area contributed by atoms with Crippen LogP contribution in [-0.2, 0) is 11.8 Å². The van der Waals surface area contributed by atoms with Crippen LogP contribution in [0.4, 0.5) is 0 Å². The molecule has 0 aliphatic rings. The minimum absolute atomic E-state index is 0.101. The van der Waals surface area contributed by atoms with Crippen LogP contribution in [0.25, 0.3) is 0 Å². The molecule has 0 spiro atoms. The van der Waals surface area contributed by atoms with E-state index in [0.29, 0.717) is 0 Å². The van der Waals surface area contributed by atoms with Gasteiger partial charge >= 0.3 is 5.97 Å². The summed E-state index contributed by atoms with van der Waals surface area (Å²) in [7, 11) is 2.52. The first-order valence-corrected chi connectivity index (χ1v) is 4.87. The number of halogens is 3. The predicted octanol–water partition coefficient (Wildman–Crippen LogP) is 2.13. The lowest BCUT2D eigenvalue weighted by molar-refractivity contribution is 0.0588. The van der Waals surface area contributed by atoms with E-state index in [-0.39, 0.29) is 20.8 Å². The summed E-state index contributed by atoms with van der Waals surface area (Å²) in [4.78, 5) is 22.8. The Morgan fingerprint density at radius 2 is 1.73 bits per heavy atom. The van der Waals surface area contributed by atoms with Gasteiger partial charge in [-0.25, -0.2) is 4.79 Å². The molecular weight excluding hydrogens is 264 g/mol. The molecule has 0 aromatic carbocycles. The van der Waals surface area contributed by atoms with Gasteiger partial charge in [-0.1, -0.05) is 34.8 Å². The van der Waals surface area contributed by atoms with E-state index < -0.39 is 11.5 Å². The maximum atomic E-state index is 11.5. The van der Waals surface area contributed by atoms with Gasteiger partial charge in [0.2, 0.25) is 0 Å². The van der Waals surface area contributed by atoms with Crippen LogP contribution in [0.15, 0.2) is 4.79 Å². The SMILES string of the molecule is COC(=O)c1c(Cl)c(Cl)c(Cl)c(=O)n1C. The van der Waals surface area contributed by atoms with Crippen LogP contribution in [0, 0.1) is 0 Å². The van der Waals surface area contributed by atoms with Gasteiger partial charge in [-0.05, 0) is 0 Å². The predicted molar refractivity (Wildman–Crippen MR) is 58.1 cm³/mol. The third-order valence-electron chi connectivity index (χ3n) is 1.80. The lowest BCUT2D eigenvalue weighted by Crippen LogP contribution is -2.25. The van der Waals surface area contributed by atoms with E-state index in [4.69, 9.17) is 34.8 Å². The lowest BCUT2D eigenvalue weighted by Gasteiger charge is -2.10. The first-order chi connectivity index (χ1) is 6.91. The van der Waals surface area contributed by atoms with Crippen molar-refractivity contribution in [2.45, 2.75) is 0 Å². The zero-order valence-electron chi connectivity index (χ0n) is 7.81. The zero-order chi connectivity index (χ0) is 11.7. The third kappa shape index (κ3) is 1.97. The van der Waals surface area contributed by atoms with Gasteiger partial charge in [-0.2, -0.15) is 0 Å². The monoisotopic (exact) mass is 269 g/mol. The van der Waals surface area contributed by atoms with E-state index in [9.17, 15) is 9.59 Å². The third-order valence-corrected chi connectivity index (χ3v) is 3.09. The van der Waals surface area contributed by atoms with Crippen molar-refractivity contribution >= 4 is 40.8 Å². The highest BCUT2D eigenvalue weighted by atomic mass is 35.5. The average molecular weight is 270 g/mol. The van der Waals surface area contributed by atoms with Crippen molar-refractivity contribution in [3.8, 4) is 0 Å². The molecule has 82 valence electrons. The average Bonchev–Trinajstić information content (AvgIpc) is 2.23. The molecule has 4 nitrogen and oxygen atoms in total. The molecule has 1 aromatic rings. The van der Waals surface area contributed by atoms with Gasteiger partial charge in [0.05, 0.1) is 17.2 Å². The molecule has 1 rings (SSSR count). The molecular formula is C8H6Cl3NO3. The summed E-state index contributed by atoms with van der Waals surface area (Å²) in [5.74, 6) is -0.752. The standard InChI is InChI=1S/C8H6Cl3NO3/c1-12-6(8(14)15-2)4(10)3(9)5(11)7(12)13/h1-2H3. The lowest BCUT2D eigenvalue weighted by atomic mass is 10.3. The number of carbonyl (C=O) groups is 1. The normalized spacial score (nSPS) is 10.2. The molecule has 15 heavy (non-hydrogen) atoms. The van der Waals surface area contributed by atoms with Gasteiger partial charge in [0.15, 0.2) is 5.69 Å². The highest BCUT2D eigenvalue weighted by Gasteiger charge is 2.22. The van der Waals surface area contributed by atoms with Crippen molar-refractivity contribution in [1.82, 2.24) is 4.57 Å². The van der Waals surface area contributed by atoms with Gasteiger partial charge in [0.25, 0.3) is 5.56 Å². The van der Waals surface area contributed by atoms with Gasteiger partial charge in [0.1, 0.15) is 5.02 Å². The Morgan fingerprint density at radius 3 is 2.20 bits per heavy atom. The number of hydrogen-bond acceptors (Lipinski definition) is 3. The number of nitrogens with zero attached hydrogens (tertiary/aromatic N) is 1. The molecule has 0 aliphatic carbocycles. The van der Waals surface area contributed by atoms with Crippen molar-refractivity contribution in [1.29, 1.82) is 0 Å². The van der Waals surface area contributed by atoms with Crippen LogP contribution in [0.5, 0.6) is 0 Å². The van der Waals surface area contributed by atoms with E-state index in [1.807, 2.05) is 0 Å². The van der Waals surface area contributed by atoms with E-state index in [1.54, 1.807) is 0 Å². The fourth-order valence-electron chi connectivity index (χ4n) is 1.01. The number of esters is 1. The maximum Gasteiger partial charge on any atom is 0.356 e.